The predicted molar refractivity (Wildman–Crippen MR) is 101 cm³/mol. The van der Waals surface area contributed by atoms with E-state index in [0.717, 1.165) is 59.8 Å². The monoisotopic (exact) mass is 326 g/mol. The Labute approximate surface area is 146 Å². The lowest BCUT2D eigenvalue weighted by Gasteiger charge is -2.16. The Bertz CT molecular complexity index is 684. The average Bonchev–Trinajstić information content (AvgIpc) is 2.51. The van der Waals surface area contributed by atoms with Gasteiger partial charge in [-0.1, -0.05) is 24.1 Å². The molecule has 0 atom stereocenters. The molecule has 2 rings (SSSR count). The number of pyridine rings is 1. The number of rotatable bonds is 7. The van der Waals surface area contributed by atoms with Crippen molar-refractivity contribution in [3.63, 3.8) is 0 Å². The third-order valence-corrected chi connectivity index (χ3v) is 4.42. The second kappa shape index (κ2) is 8.29. The number of unbranched alkanes of at least 4 members (excludes halogenated alkanes) is 2. The van der Waals surface area contributed by atoms with Gasteiger partial charge in [-0.25, -0.2) is 4.98 Å². The molecule has 0 radical (unpaired) electrons. The van der Waals surface area contributed by atoms with E-state index in [4.69, 9.17) is 10.5 Å². The van der Waals surface area contributed by atoms with Crippen molar-refractivity contribution in [3.8, 4) is 11.6 Å². The SMILES string of the molecule is Cc1cc(C)c(Oc2nc(C)cc(CCCCCN)c2C)c(C)c1. The van der Waals surface area contributed by atoms with Crippen LogP contribution < -0.4 is 10.5 Å². The van der Waals surface area contributed by atoms with E-state index in [0.29, 0.717) is 0 Å². The molecule has 0 spiro atoms. The highest BCUT2D eigenvalue weighted by Crippen LogP contribution is 2.32. The molecular weight excluding hydrogens is 296 g/mol. The minimum Gasteiger partial charge on any atom is -0.438 e. The number of ether oxygens (including phenoxy) is 1. The van der Waals surface area contributed by atoms with Crippen molar-refractivity contribution >= 4 is 0 Å². The second-order valence-electron chi connectivity index (χ2n) is 6.78. The van der Waals surface area contributed by atoms with Crippen LogP contribution in [0.5, 0.6) is 11.6 Å². The summed E-state index contributed by atoms with van der Waals surface area (Å²) in [6, 6.07) is 6.49. The zero-order valence-corrected chi connectivity index (χ0v) is 15.7. The van der Waals surface area contributed by atoms with E-state index < -0.39 is 0 Å². The van der Waals surface area contributed by atoms with E-state index in [-0.39, 0.29) is 0 Å². The first-order valence-corrected chi connectivity index (χ1v) is 8.85. The van der Waals surface area contributed by atoms with Crippen LogP contribution in [0.2, 0.25) is 0 Å². The molecule has 0 saturated heterocycles. The molecule has 2 N–H and O–H groups in total. The van der Waals surface area contributed by atoms with Gasteiger partial charge in [0.2, 0.25) is 5.88 Å². The van der Waals surface area contributed by atoms with Crippen molar-refractivity contribution in [2.45, 2.75) is 60.3 Å². The van der Waals surface area contributed by atoms with Gasteiger partial charge < -0.3 is 10.5 Å². The number of nitrogens with two attached hydrogens (primary N) is 1. The molecule has 3 nitrogen and oxygen atoms in total. The standard InChI is InChI=1S/C21H30N2O/c1-14-11-15(2)20(16(3)12-14)24-21-18(5)19(13-17(4)23-21)9-7-6-8-10-22/h11-13H,6-10,22H2,1-5H3. The van der Waals surface area contributed by atoms with Crippen LogP contribution in [0.3, 0.4) is 0 Å². The van der Waals surface area contributed by atoms with E-state index in [2.05, 4.69) is 50.9 Å². The first kappa shape index (κ1) is 18.5. The highest BCUT2D eigenvalue weighted by Gasteiger charge is 2.13. The van der Waals surface area contributed by atoms with Gasteiger partial charge in [-0.05, 0) is 83.2 Å². The third-order valence-electron chi connectivity index (χ3n) is 4.42. The van der Waals surface area contributed by atoms with Gasteiger partial charge in [-0.3, -0.25) is 0 Å². The molecule has 0 bridgehead atoms. The summed E-state index contributed by atoms with van der Waals surface area (Å²) < 4.78 is 6.24. The van der Waals surface area contributed by atoms with Crippen LogP contribution in [0.1, 0.15) is 52.8 Å². The lowest BCUT2D eigenvalue weighted by Crippen LogP contribution is -2.02. The van der Waals surface area contributed by atoms with Gasteiger partial charge in [0, 0.05) is 11.3 Å². The summed E-state index contributed by atoms with van der Waals surface area (Å²) in [5.74, 6) is 1.66. The fourth-order valence-electron chi connectivity index (χ4n) is 3.19. The molecule has 0 unspecified atom stereocenters. The van der Waals surface area contributed by atoms with Crippen molar-refractivity contribution < 1.29 is 4.74 Å². The Morgan fingerprint density at radius 3 is 2.21 bits per heavy atom. The molecule has 0 amide bonds. The van der Waals surface area contributed by atoms with Gasteiger partial charge in [0.15, 0.2) is 0 Å². The highest BCUT2D eigenvalue weighted by molar-refractivity contribution is 5.46. The summed E-state index contributed by atoms with van der Waals surface area (Å²) in [6.07, 6.45) is 4.47. The Morgan fingerprint density at radius 2 is 1.58 bits per heavy atom. The van der Waals surface area contributed by atoms with Crippen LogP contribution in [0.25, 0.3) is 0 Å². The van der Waals surface area contributed by atoms with Crippen molar-refractivity contribution in [2.24, 2.45) is 5.73 Å². The molecule has 0 saturated carbocycles. The summed E-state index contributed by atoms with van der Waals surface area (Å²) in [4.78, 5) is 4.64. The molecule has 0 fully saturated rings. The van der Waals surface area contributed by atoms with Crippen molar-refractivity contribution in [3.05, 3.63) is 51.7 Å². The van der Waals surface area contributed by atoms with Gasteiger partial charge in [-0.15, -0.1) is 0 Å². The number of aromatic nitrogens is 1. The maximum atomic E-state index is 6.24. The Hall–Kier alpha value is -1.87. The maximum absolute atomic E-state index is 6.24. The number of aryl methyl sites for hydroxylation is 5. The van der Waals surface area contributed by atoms with Gasteiger partial charge in [0.1, 0.15) is 5.75 Å². The van der Waals surface area contributed by atoms with Crippen LogP contribution in [0.15, 0.2) is 18.2 Å². The van der Waals surface area contributed by atoms with Gasteiger partial charge >= 0.3 is 0 Å². The zero-order chi connectivity index (χ0) is 17.7. The van der Waals surface area contributed by atoms with Crippen molar-refractivity contribution in [1.82, 2.24) is 4.98 Å². The molecule has 1 aromatic carbocycles. The van der Waals surface area contributed by atoms with Crippen LogP contribution in [0, 0.1) is 34.6 Å². The summed E-state index contributed by atoms with van der Waals surface area (Å²) >= 11 is 0. The molecule has 130 valence electrons. The predicted octanol–water partition coefficient (Wildman–Crippen LogP) is 5.09. The average molecular weight is 326 g/mol. The minimum atomic E-state index is 0.735. The molecule has 3 heteroatoms. The number of nitrogens with zero attached hydrogens (tertiary/aromatic N) is 1. The molecule has 1 heterocycles. The molecule has 2 aromatic rings. The fraction of sp³-hybridized carbons (Fsp3) is 0.476. The fourth-order valence-corrected chi connectivity index (χ4v) is 3.19. The smallest absolute Gasteiger partial charge is 0.222 e. The quantitative estimate of drug-likeness (QED) is 0.721. The normalized spacial score (nSPS) is 10.9. The van der Waals surface area contributed by atoms with Gasteiger partial charge in [0.05, 0.1) is 0 Å². The van der Waals surface area contributed by atoms with E-state index >= 15 is 0 Å². The van der Waals surface area contributed by atoms with Crippen molar-refractivity contribution in [1.29, 1.82) is 0 Å². The molecule has 24 heavy (non-hydrogen) atoms. The topological polar surface area (TPSA) is 48.1 Å². The number of hydrogen-bond donors (Lipinski definition) is 1. The number of benzene rings is 1. The van der Waals surface area contributed by atoms with Crippen LogP contribution >= 0.6 is 0 Å². The third kappa shape index (κ3) is 4.57. The Kier molecular flexibility index (Phi) is 6.38. The Balaban J connectivity index is 2.26. The lowest BCUT2D eigenvalue weighted by molar-refractivity contribution is 0.449. The largest absolute Gasteiger partial charge is 0.438 e. The van der Waals surface area contributed by atoms with Crippen LogP contribution in [-0.4, -0.2) is 11.5 Å². The second-order valence-corrected chi connectivity index (χ2v) is 6.78. The zero-order valence-electron chi connectivity index (χ0n) is 15.7. The van der Waals surface area contributed by atoms with E-state index in [1.54, 1.807) is 0 Å². The first-order chi connectivity index (χ1) is 11.4. The minimum absolute atomic E-state index is 0.735. The molecular formula is C21H30N2O. The van der Waals surface area contributed by atoms with Crippen LogP contribution in [0.4, 0.5) is 0 Å². The van der Waals surface area contributed by atoms with Crippen LogP contribution in [-0.2, 0) is 6.42 Å². The van der Waals surface area contributed by atoms with Gasteiger partial charge in [0.25, 0.3) is 0 Å². The number of hydrogen-bond acceptors (Lipinski definition) is 3. The molecule has 0 aliphatic heterocycles. The molecule has 1 aromatic heterocycles. The Morgan fingerprint density at radius 1 is 0.917 bits per heavy atom. The summed E-state index contributed by atoms with van der Waals surface area (Å²) in [5, 5.41) is 0. The highest BCUT2D eigenvalue weighted by atomic mass is 16.5. The van der Waals surface area contributed by atoms with E-state index in [9.17, 15) is 0 Å². The van der Waals surface area contributed by atoms with Crippen molar-refractivity contribution in [2.75, 3.05) is 6.54 Å². The maximum Gasteiger partial charge on any atom is 0.222 e. The van der Waals surface area contributed by atoms with E-state index in [1.807, 2.05) is 6.92 Å². The summed E-state index contributed by atoms with van der Waals surface area (Å²) in [7, 11) is 0. The first-order valence-electron chi connectivity index (χ1n) is 8.85. The summed E-state index contributed by atoms with van der Waals surface area (Å²) in [5.41, 5.74) is 12.6. The van der Waals surface area contributed by atoms with E-state index in [1.165, 1.54) is 17.5 Å². The van der Waals surface area contributed by atoms with Gasteiger partial charge in [-0.2, -0.15) is 0 Å². The lowest BCUT2D eigenvalue weighted by atomic mass is 10.0. The molecule has 0 aliphatic carbocycles. The molecule has 0 aliphatic rings. The summed E-state index contributed by atoms with van der Waals surface area (Å²) in [6.45, 7) is 11.2.